The summed E-state index contributed by atoms with van der Waals surface area (Å²) in [6.07, 6.45) is 0. The van der Waals surface area contributed by atoms with Crippen LogP contribution in [-0.4, -0.2) is 22.8 Å². The lowest BCUT2D eigenvalue weighted by molar-refractivity contribution is -0.384. The zero-order valence-corrected chi connectivity index (χ0v) is 12.9. The van der Waals surface area contributed by atoms with Crippen LogP contribution in [0.1, 0.15) is 15.9 Å². The third kappa shape index (κ3) is 3.88. The molecule has 0 saturated carbocycles. The van der Waals surface area contributed by atoms with Gasteiger partial charge in [-0.1, -0.05) is 34.1 Å². The van der Waals surface area contributed by atoms with Gasteiger partial charge in [-0.3, -0.25) is 14.9 Å². The predicted octanol–water partition coefficient (Wildman–Crippen LogP) is 3.63. The molecule has 5 nitrogen and oxygen atoms in total. The second-order valence-electron chi connectivity index (χ2n) is 4.60. The van der Waals surface area contributed by atoms with Crippen molar-refractivity contribution >= 4 is 27.5 Å². The molecule has 0 unspecified atom stereocenters. The summed E-state index contributed by atoms with van der Waals surface area (Å²) >= 11 is 3.33. The Bertz CT molecular complexity index is 688. The first-order valence-corrected chi connectivity index (χ1v) is 7.01. The van der Waals surface area contributed by atoms with Gasteiger partial charge in [-0.25, -0.2) is 0 Å². The number of non-ortho nitro benzene ring substituents is 1. The molecule has 1 amide bonds. The fourth-order valence-electron chi connectivity index (χ4n) is 1.96. The fraction of sp³-hybridized carbons (Fsp3) is 0.133. The molecule has 6 heteroatoms. The van der Waals surface area contributed by atoms with Crippen LogP contribution in [0.25, 0.3) is 0 Å². The molecular weight excluding hydrogens is 336 g/mol. The summed E-state index contributed by atoms with van der Waals surface area (Å²) in [7, 11) is 1.67. The Morgan fingerprint density at radius 1 is 1.24 bits per heavy atom. The molecule has 21 heavy (non-hydrogen) atoms. The number of nitro benzene ring substituents is 1. The van der Waals surface area contributed by atoms with Crippen LogP contribution in [-0.2, 0) is 6.54 Å². The Hall–Kier alpha value is -2.21. The van der Waals surface area contributed by atoms with Gasteiger partial charge in [0.15, 0.2) is 0 Å². The Balaban J connectivity index is 2.14. The van der Waals surface area contributed by atoms with Gasteiger partial charge in [0.05, 0.1) is 4.92 Å². The first-order chi connectivity index (χ1) is 9.97. The summed E-state index contributed by atoms with van der Waals surface area (Å²) in [5.74, 6) is -0.136. The van der Waals surface area contributed by atoms with E-state index < -0.39 is 4.92 Å². The second kappa shape index (κ2) is 6.49. The molecule has 0 aromatic heterocycles. The lowest BCUT2D eigenvalue weighted by Gasteiger charge is -2.17. The average Bonchev–Trinajstić information content (AvgIpc) is 2.46. The molecule has 2 aromatic carbocycles. The van der Waals surface area contributed by atoms with Gasteiger partial charge in [0.25, 0.3) is 11.6 Å². The maximum atomic E-state index is 12.3. The van der Waals surface area contributed by atoms with E-state index in [1.54, 1.807) is 37.4 Å². The highest BCUT2D eigenvalue weighted by Gasteiger charge is 2.13. The quantitative estimate of drug-likeness (QED) is 0.625. The average molecular weight is 349 g/mol. The Labute approximate surface area is 130 Å². The summed E-state index contributed by atoms with van der Waals surface area (Å²) in [5.41, 5.74) is 1.31. The minimum atomic E-state index is -0.445. The Kier molecular flexibility index (Phi) is 4.70. The SMILES string of the molecule is CN(Cc1cccc([N+](=O)[O-])c1)C(=O)c1cccc(Br)c1. The van der Waals surface area contributed by atoms with E-state index in [2.05, 4.69) is 15.9 Å². The monoisotopic (exact) mass is 348 g/mol. The summed E-state index contributed by atoms with van der Waals surface area (Å²) < 4.78 is 0.831. The highest BCUT2D eigenvalue weighted by atomic mass is 79.9. The topological polar surface area (TPSA) is 63.4 Å². The van der Waals surface area contributed by atoms with Crippen LogP contribution in [0, 0.1) is 10.1 Å². The van der Waals surface area contributed by atoms with Crippen molar-refractivity contribution in [3.63, 3.8) is 0 Å². The molecule has 2 rings (SSSR count). The van der Waals surface area contributed by atoms with Gasteiger partial charge in [0.2, 0.25) is 0 Å². The van der Waals surface area contributed by atoms with Gasteiger partial charge in [-0.2, -0.15) is 0 Å². The predicted molar refractivity (Wildman–Crippen MR) is 83.0 cm³/mol. The molecule has 0 N–H and O–H groups in total. The van der Waals surface area contributed by atoms with Crippen LogP contribution in [0.2, 0.25) is 0 Å². The van der Waals surface area contributed by atoms with Crippen molar-refractivity contribution in [2.24, 2.45) is 0 Å². The molecule has 0 aliphatic rings. The van der Waals surface area contributed by atoms with Crippen molar-refractivity contribution in [2.45, 2.75) is 6.54 Å². The number of halogens is 1. The van der Waals surface area contributed by atoms with Crippen LogP contribution in [0.5, 0.6) is 0 Å². The molecule has 0 aliphatic carbocycles. The molecule has 0 heterocycles. The van der Waals surface area contributed by atoms with Crippen LogP contribution >= 0.6 is 15.9 Å². The summed E-state index contributed by atoms with van der Waals surface area (Å²) in [6.45, 7) is 0.313. The van der Waals surface area contributed by atoms with E-state index in [-0.39, 0.29) is 11.6 Å². The normalized spacial score (nSPS) is 10.2. The fourth-order valence-corrected chi connectivity index (χ4v) is 2.36. The van der Waals surface area contributed by atoms with E-state index in [9.17, 15) is 14.9 Å². The van der Waals surface area contributed by atoms with Crippen LogP contribution < -0.4 is 0 Å². The number of rotatable bonds is 4. The molecule has 0 spiro atoms. The first kappa shape index (κ1) is 15.2. The highest BCUT2D eigenvalue weighted by Crippen LogP contribution is 2.17. The van der Waals surface area contributed by atoms with E-state index in [0.717, 1.165) is 10.0 Å². The molecule has 0 saturated heterocycles. The van der Waals surface area contributed by atoms with E-state index in [0.29, 0.717) is 12.1 Å². The van der Waals surface area contributed by atoms with Crippen molar-refractivity contribution in [2.75, 3.05) is 7.05 Å². The number of carbonyl (C=O) groups excluding carboxylic acids is 1. The van der Waals surface area contributed by atoms with Crippen LogP contribution in [0.3, 0.4) is 0 Å². The van der Waals surface area contributed by atoms with Crippen molar-refractivity contribution in [1.29, 1.82) is 0 Å². The lowest BCUT2D eigenvalue weighted by Crippen LogP contribution is -2.26. The maximum absolute atomic E-state index is 12.3. The van der Waals surface area contributed by atoms with Gasteiger partial charge in [0.1, 0.15) is 0 Å². The van der Waals surface area contributed by atoms with Crippen molar-refractivity contribution < 1.29 is 9.72 Å². The smallest absolute Gasteiger partial charge is 0.269 e. The largest absolute Gasteiger partial charge is 0.337 e. The maximum Gasteiger partial charge on any atom is 0.269 e. The number of hydrogen-bond donors (Lipinski definition) is 0. The number of carbonyl (C=O) groups is 1. The van der Waals surface area contributed by atoms with E-state index >= 15 is 0 Å². The van der Waals surface area contributed by atoms with E-state index in [4.69, 9.17) is 0 Å². The molecule has 2 aromatic rings. The zero-order chi connectivity index (χ0) is 15.4. The second-order valence-corrected chi connectivity index (χ2v) is 5.51. The summed E-state index contributed by atoms with van der Waals surface area (Å²) in [6, 6.07) is 13.4. The molecule has 108 valence electrons. The standard InChI is InChI=1S/C15H13BrN2O3/c1-17(15(19)12-5-3-6-13(16)9-12)10-11-4-2-7-14(8-11)18(20)21/h2-9H,10H2,1H3. The van der Waals surface area contributed by atoms with Crippen LogP contribution in [0.15, 0.2) is 53.0 Å². The minimum Gasteiger partial charge on any atom is -0.337 e. The lowest BCUT2D eigenvalue weighted by atomic mass is 10.1. The third-order valence-corrected chi connectivity index (χ3v) is 3.45. The van der Waals surface area contributed by atoms with Crippen LogP contribution in [0.4, 0.5) is 5.69 Å². The number of nitrogens with zero attached hydrogens (tertiary/aromatic N) is 2. The number of nitro groups is 1. The Morgan fingerprint density at radius 3 is 2.62 bits per heavy atom. The van der Waals surface area contributed by atoms with Crippen molar-refractivity contribution in [3.8, 4) is 0 Å². The molecular formula is C15H13BrN2O3. The van der Waals surface area contributed by atoms with Gasteiger partial charge < -0.3 is 4.90 Å². The van der Waals surface area contributed by atoms with Crippen molar-refractivity contribution in [1.82, 2.24) is 4.90 Å². The highest BCUT2D eigenvalue weighted by molar-refractivity contribution is 9.10. The van der Waals surface area contributed by atoms with Crippen molar-refractivity contribution in [3.05, 3.63) is 74.2 Å². The number of amides is 1. The summed E-state index contributed by atoms with van der Waals surface area (Å²) in [5, 5.41) is 10.8. The molecule has 0 radical (unpaired) electrons. The first-order valence-electron chi connectivity index (χ1n) is 6.22. The number of hydrogen-bond acceptors (Lipinski definition) is 3. The zero-order valence-electron chi connectivity index (χ0n) is 11.3. The minimum absolute atomic E-state index is 0.0239. The van der Waals surface area contributed by atoms with E-state index in [1.807, 2.05) is 6.07 Å². The molecule has 0 atom stereocenters. The van der Waals surface area contributed by atoms with Gasteiger partial charge in [-0.05, 0) is 23.8 Å². The molecule has 0 bridgehead atoms. The Morgan fingerprint density at radius 2 is 1.95 bits per heavy atom. The van der Waals surface area contributed by atoms with Gasteiger partial charge >= 0.3 is 0 Å². The number of benzene rings is 2. The van der Waals surface area contributed by atoms with Gasteiger partial charge in [-0.15, -0.1) is 0 Å². The summed E-state index contributed by atoms with van der Waals surface area (Å²) in [4.78, 5) is 24.1. The van der Waals surface area contributed by atoms with E-state index in [1.165, 1.54) is 17.0 Å². The third-order valence-electron chi connectivity index (χ3n) is 2.96. The molecule has 0 fully saturated rings. The van der Waals surface area contributed by atoms with Gasteiger partial charge in [0, 0.05) is 35.8 Å². The molecule has 0 aliphatic heterocycles.